The Balaban J connectivity index is 1.86. The van der Waals surface area contributed by atoms with Crippen molar-refractivity contribution < 1.29 is 13.5 Å². The number of hydrogen-bond donors (Lipinski definition) is 0. The first-order valence-corrected chi connectivity index (χ1v) is 7.89. The molecule has 22 heavy (non-hydrogen) atoms. The van der Waals surface area contributed by atoms with Crippen LogP contribution in [0.5, 0.6) is 0 Å². The summed E-state index contributed by atoms with van der Waals surface area (Å²) in [6.45, 7) is 6.32. The molecule has 1 aliphatic rings. The summed E-state index contributed by atoms with van der Waals surface area (Å²) < 4.78 is 36.6. The van der Waals surface area contributed by atoms with Crippen molar-refractivity contribution in [2.45, 2.75) is 25.9 Å². The van der Waals surface area contributed by atoms with E-state index in [2.05, 4.69) is 14.3 Å². The van der Waals surface area contributed by atoms with E-state index in [1.807, 2.05) is 13.8 Å². The average molecular weight is 325 g/mol. The van der Waals surface area contributed by atoms with Gasteiger partial charge in [-0.25, -0.2) is 8.78 Å². The van der Waals surface area contributed by atoms with E-state index in [-0.39, 0.29) is 5.60 Å². The van der Waals surface area contributed by atoms with Crippen molar-refractivity contribution in [3.63, 3.8) is 0 Å². The summed E-state index contributed by atoms with van der Waals surface area (Å²) in [5.41, 5.74) is 0.0955. The van der Waals surface area contributed by atoms with Gasteiger partial charge in [0, 0.05) is 42.9 Å². The molecule has 0 unspecified atom stereocenters. The fourth-order valence-corrected chi connectivity index (χ4v) is 3.21. The van der Waals surface area contributed by atoms with Crippen molar-refractivity contribution in [3.05, 3.63) is 29.8 Å². The van der Waals surface area contributed by atoms with E-state index in [0.717, 1.165) is 24.2 Å². The maximum Gasteiger partial charge on any atom is 0.205 e. The Hall–Kier alpha value is -1.60. The Kier molecular flexibility index (Phi) is 4.10. The van der Waals surface area contributed by atoms with Crippen LogP contribution in [0.3, 0.4) is 0 Å². The van der Waals surface area contributed by atoms with Crippen LogP contribution in [0.4, 0.5) is 13.9 Å². The van der Waals surface area contributed by atoms with Gasteiger partial charge in [0.25, 0.3) is 0 Å². The highest BCUT2D eigenvalue weighted by Gasteiger charge is 2.27. The minimum Gasteiger partial charge on any atom is -0.374 e. The molecule has 0 bridgehead atoms. The maximum absolute atomic E-state index is 13.3. The Morgan fingerprint density at radius 2 is 1.95 bits per heavy atom. The van der Waals surface area contributed by atoms with Gasteiger partial charge in [0.2, 0.25) is 5.13 Å². The molecule has 4 nitrogen and oxygen atoms in total. The highest BCUT2D eigenvalue weighted by molar-refractivity contribution is 7.09. The van der Waals surface area contributed by atoms with Gasteiger partial charge in [0.05, 0.1) is 5.60 Å². The van der Waals surface area contributed by atoms with Crippen LogP contribution in [0.15, 0.2) is 18.2 Å². The lowest BCUT2D eigenvalue weighted by atomic mass is 10.1. The molecule has 1 aromatic heterocycles. The first-order chi connectivity index (χ1) is 10.4. The van der Waals surface area contributed by atoms with Crippen LogP contribution in [0.1, 0.15) is 20.3 Å². The summed E-state index contributed by atoms with van der Waals surface area (Å²) in [6.07, 6.45) is 0.910. The van der Waals surface area contributed by atoms with Crippen LogP contribution >= 0.6 is 11.5 Å². The predicted molar refractivity (Wildman–Crippen MR) is 82.1 cm³/mol. The largest absolute Gasteiger partial charge is 0.374 e. The number of anilines is 1. The molecule has 2 aromatic rings. The molecule has 118 valence electrons. The van der Waals surface area contributed by atoms with Crippen LogP contribution < -0.4 is 4.90 Å². The molecule has 0 radical (unpaired) electrons. The Morgan fingerprint density at radius 3 is 2.68 bits per heavy atom. The third-order valence-electron chi connectivity index (χ3n) is 3.44. The second-order valence-corrected chi connectivity index (χ2v) is 6.67. The first-order valence-electron chi connectivity index (χ1n) is 7.12. The summed E-state index contributed by atoms with van der Waals surface area (Å²) in [5, 5.41) is 0.748. The number of hydrogen-bond acceptors (Lipinski definition) is 5. The second kappa shape index (κ2) is 5.89. The van der Waals surface area contributed by atoms with E-state index < -0.39 is 11.6 Å². The van der Waals surface area contributed by atoms with Crippen molar-refractivity contribution >= 4 is 16.7 Å². The lowest BCUT2D eigenvalue weighted by Gasteiger charge is -2.28. The van der Waals surface area contributed by atoms with Crippen molar-refractivity contribution in [2.24, 2.45) is 0 Å². The molecule has 0 atom stereocenters. The van der Waals surface area contributed by atoms with E-state index in [9.17, 15) is 8.78 Å². The van der Waals surface area contributed by atoms with E-state index >= 15 is 0 Å². The van der Waals surface area contributed by atoms with Gasteiger partial charge in [-0.15, -0.1) is 0 Å². The molecule has 1 fully saturated rings. The Bertz CT molecular complexity index is 654. The molecule has 1 saturated heterocycles. The predicted octanol–water partition coefficient (Wildman–Crippen LogP) is 3.49. The molecule has 1 aromatic carbocycles. The second-order valence-electron chi connectivity index (χ2n) is 5.94. The minimum absolute atomic E-state index is 0.257. The zero-order chi connectivity index (χ0) is 15.7. The SMILES string of the molecule is CC1(C)CN(c2nc(-c3cc(F)cc(F)c3)ns2)CCCO1. The van der Waals surface area contributed by atoms with Crippen LogP contribution in [-0.4, -0.2) is 34.7 Å². The topological polar surface area (TPSA) is 38.2 Å². The molecular formula is C15H17F2N3OS. The van der Waals surface area contributed by atoms with E-state index in [1.54, 1.807) is 0 Å². The number of rotatable bonds is 2. The average Bonchev–Trinajstić information content (AvgIpc) is 2.84. The molecular weight excluding hydrogens is 308 g/mol. The van der Waals surface area contributed by atoms with E-state index in [4.69, 9.17) is 4.74 Å². The van der Waals surface area contributed by atoms with Crippen molar-refractivity contribution in [3.8, 4) is 11.4 Å². The van der Waals surface area contributed by atoms with Gasteiger partial charge in [0.15, 0.2) is 5.82 Å². The van der Waals surface area contributed by atoms with Gasteiger partial charge >= 0.3 is 0 Å². The van der Waals surface area contributed by atoms with Gasteiger partial charge in [0.1, 0.15) is 11.6 Å². The summed E-state index contributed by atoms with van der Waals surface area (Å²) in [4.78, 5) is 6.55. The Morgan fingerprint density at radius 1 is 1.23 bits per heavy atom. The number of halogens is 2. The maximum atomic E-state index is 13.3. The molecule has 0 aliphatic carbocycles. The van der Waals surface area contributed by atoms with Crippen molar-refractivity contribution in [2.75, 3.05) is 24.6 Å². The van der Waals surface area contributed by atoms with Gasteiger partial charge in [-0.3, -0.25) is 0 Å². The van der Waals surface area contributed by atoms with E-state index in [1.165, 1.54) is 23.7 Å². The smallest absolute Gasteiger partial charge is 0.205 e. The highest BCUT2D eigenvalue weighted by Crippen LogP contribution is 2.28. The molecule has 1 aliphatic heterocycles. The molecule has 0 spiro atoms. The zero-order valence-corrected chi connectivity index (χ0v) is 13.3. The lowest BCUT2D eigenvalue weighted by Crippen LogP contribution is -2.38. The third-order valence-corrected chi connectivity index (χ3v) is 4.22. The molecule has 0 N–H and O–H groups in total. The zero-order valence-electron chi connectivity index (χ0n) is 12.5. The number of benzene rings is 1. The molecule has 0 amide bonds. The third kappa shape index (κ3) is 3.41. The van der Waals surface area contributed by atoms with Gasteiger partial charge < -0.3 is 9.64 Å². The van der Waals surface area contributed by atoms with Crippen LogP contribution in [0.2, 0.25) is 0 Å². The van der Waals surface area contributed by atoms with E-state index in [0.29, 0.717) is 24.5 Å². The van der Waals surface area contributed by atoms with Crippen LogP contribution in [-0.2, 0) is 4.74 Å². The summed E-state index contributed by atoms with van der Waals surface area (Å²) >= 11 is 1.24. The fourth-order valence-electron chi connectivity index (χ4n) is 2.50. The number of ether oxygens (including phenoxy) is 1. The number of nitrogens with zero attached hydrogens (tertiary/aromatic N) is 3. The monoisotopic (exact) mass is 325 g/mol. The fraction of sp³-hybridized carbons (Fsp3) is 0.467. The summed E-state index contributed by atoms with van der Waals surface area (Å²) in [5.74, 6) is -0.910. The number of aromatic nitrogens is 2. The standard InChI is InChI=1S/C15H17F2N3OS/c1-15(2)9-20(4-3-5-21-15)14-18-13(19-22-14)10-6-11(16)8-12(17)7-10/h6-8H,3-5,9H2,1-2H3. The van der Waals surface area contributed by atoms with Gasteiger partial charge in [-0.2, -0.15) is 9.36 Å². The lowest BCUT2D eigenvalue weighted by molar-refractivity contribution is -0.00144. The minimum atomic E-state index is -0.629. The van der Waals surface area contributed by atoms with Crippen molar-refractivity contribution in [1.82, 2.24) is 9.36 Å². The van der Waals surface area contributed by atoms with Gasteiger partial charge in [-0.1, -0.05) is 0 Å². The molecule has 7 heteroatoms. The quantitative estimate of drug-likeness (QED) is 0.847. The molecule has 3 rings (SSSR count). The summed E-state index contributed by atoms with van der Waals surface area (Å²) in [7, 11) is 0. The Labute approximate surface area is 131 Å². The summed E-state index contributed by atoms with van der Waals surface area (Å²) in [6, 6.07) is 3.32. The molecule has 0 saturated carbocycles. The van der Waals surface area contributed by atoms with Crippen LogP contribution in [0, 0.1) is 11.6 Å². The van der Waals surface area contributed by atoms with Gasteiger partial charge in [-0.05, 0) is 32.4 Å². The molecule has 2 heterocycles. The normalized spacial score (nSPS) is 18.3. The van der Waals surface area contributed by atoms with Crippen LogP contribution in [0.25, 0.3) is 11.4 Å². The van der Waals surface area contributed by atoms with Crippen molar-refractivity contribution in [1.29, 1.82) is 0 Å². The highest BCUT2D eigenvalue weighted by atomic mass is 32.1. The first kappa shape index (κ1) is 15.3.